The molecule has 1 aliphatic heterocycles. The molecule has 168 valence electrons. The summed E-state index contributed by atoms with van der Waals surface area (Å²) in [5.74, 6) is 0.261. The van der Waals surface area contributed by atoms with E-state index in [1.165, 1.54) is 9.80 Å². The van der Waals surface area contributed by atoms with Gasteiger partial charge in [0, 0.05) is 20.7 Å². The van der Waals surface area contributed by atoms with E-state index in [1.54, 1.807) is 24.3 Å². The molecule has 5 nitrogen and oxygen atoms in total. The van der Waals surface area contributed by atoms with Crippen LogP contribution in [0.1, 0.15) is 22.3 Å². The van der Waals surface area contributed by atoms with Crippen molar-refractivity contribution in [3.63, 3.8) is 0 Å². The number of carbonyl (C=O) groups is 3. The second kappa shape index (κ2) is 7.54. The number of halogens is 2. The minimum Gasteiger partial charge on any atom is -0.289 e. The third-order valence-electron chi connectivity index (χ3n) is 7.82. The van der Waals surface area contributed by atoms with Crippen LogP contribution in [0, 0.1) is 42.4 Å². The van der Waals surface area contributed by atoms with Gasteiger partial charge in [-0.15, -0.1) is 0 Å². The van der Waals surface area contributed by atoms with Crippen LogP contribution in [0.2, 0.25) is 5.02 Å². The Balaban J connectivity index is 1.36. The largest absolute Gasteiger partial charge is 0.289 e. The van der Waals surface area contributed by atoms with Gasteiger partial charge in [-0.1, -0.05) is 39.7 Å². The van der Waals surface area contributed by atoms with Gasteiger partial charge in [-0.3, -0.25) is 24.2 Å². The van der Waals surface area contributed by atoms with Gasteiger partial charge in [-0.25, -0.2) is 0 Å². The highest BCUT2D eigenvalue weighted by Gasteiger charge is 2.67. The monoisotopic (exact) mass is 524 g/mol. The van der Waals surface area contributed by atoms with E-state index in [0.29, 0.717) is 28.1 Å². The molecule has 0 aromatic heterocycles. The molecule has 2 aromatic carbocycles. The van der Waals surface area contributed by atoms with Crippen molar-refractivity contribution in [1.82, 2.24) is 4.90 Å². The number of allylic oxidation sites excluding steroid dienone is 2. The maximum atomic E-state index is 13.6. The van der Waals surface area contributed by atoms with E-state index in [-0.39, 0.29) is 48.1 Å². The Bertz CT molecular complexity index is 1190. The zero-order valence-electron chi connectivity index (χ0n) is 17.9. The highest BCUT2D eigenvalue weighted by atomic mass is 79.9. The van der Waals surface area contributed by atoms with Crippen molar-refractivity contribution in [2.24, 2.45) is 35.5 Å². The first kappa shape index (κ1) is 21.1. The average molecular weight is 526 g/mol. The lowest BCUT2D eigenvalue weighted by molar-refractivity contribution is -0.140. The van der Waals surface area contributed by atoms with Crippen molar-refractivity contribution in [3.05, 3.63) is 75.2 Å². The predicted octanol–water partition coefficient (Wildman–Crippen LogP) is 5.07. The van der Waals surface area contributed by atoms with Gasteiger partial charge in [0.15, 0.2) is 0 Å². The molecule has 7 heteroatoms. The van der Waals surface area contributed by atoms with Gasteiger partial charge in [-0.2, -0.15) is 0 Å². The zero-order chi connectivity index (χ0) is 23.0. The van der Waals surface area contributed by atoms with Crippen molar-refractivity contribution in [1.29, 1.82) is 0 Å². The van der Waals surface area contributed by atoms with Crippen LogP contribution in [0.3, 0.4) is 0 Å². The minimum absolute atomic E-state index is 0.0939. The first-order valence-electron chi connectivity index (χ1n) is 11.2. The smallest absolute Gasteiger partial charge is 0.259 e. The lowest BCUT2D eigenvalue weighted by atomic mass is 9.63. The number of rotatable bonds is 4. The highest BCUT2D eigenvalue weighted by Crippen LogP contribution is 2.65. The second-order valence-electron chi connectivity index (χ2n) is 9.57. The number of hydrogen-bond donors (Lipinski definition) is 0. The van der Waals surface area contributed by atoms with Crippen LogP contribution in [0.5, 0.6) is 0 Å². The molecule has 2 aromatic rings. The Kier molecular flexibility index (Phi) is 4.82. The Labute approximate surface area is 205 Å². The summed E-state index contributed by atoms with van der Waals surface area (Å²) in [6.07, 6.45) is 5.43. The maximum absolute atomic E-state index is 13.6. The summed E-state index contributed by atoms with van der Waals surface area (Å²) in [5.41, 5.74) is 1.98. The van der Waals surface area contributed by atoms with Crippen molar-refractivity contribution in [2.75, 3.05) is 11.6 Å². The molecule has 6 unspecified atom stereocenters. The van der Waals surface area contributed by atoms with E-state index in [9.17, 15) is 14.4 Å². The molecule has 3 amide bonds. The first-order valence-corrected chi connectivity index (χ1v) is 12.4. The van der Waals surface area contributed by atoms with E-state index in [4.69, 9.17) is 11.6 Å². The summed E-state index contributed by atoms with van der Waals surface area (Å²) < 4.78 is 0.892. The average Bonchev–Trinajstić information content (AvgIpc) is 3.58. The van der Waals surface area contributed by atoms with Crippen LogP contribution in [0.25, 0.3) is 0 Å². The normalized spacial score (nSPS) is 30.9. The number of likely N-dealkylation sites (tertiary alicyclic amines) is 1. The Hall–Kier alpha value is -2.44. The first-order chi connectivity index (χ1) is 15.8. The van der Waals surface area contributed by atoms with E-state index in [0.717, 1.165) is 16.5 Å². The summed E-state index contributed by atoms with van der Waals surface area (Å²) in [6.45, 7) is 1.82. The molecule has 0 N–H and O–H groups in total. The minimum atomic E-state index is -0.283. The molecule has 1 saturated heterocycles. The predicted molar refractivity (Wildman–Crippen MR) is 129 cm³/mol. The fraction of sp³-hybridized carbons (Fsp3) is 0.346. The van der Waals surface area contributed by atoms with Crippen LogP contribution < -0.4 is 4.90 Å². The van der Waals surface area contributed by atoms with Gasteiger partial charge in [-0.05, 0) is 85.0 Å². The molecule has 1 heterocycles. The number of carbonyl (C=O) groups excluding carboxylic acids is 3. The molecule has 33 heavy (non-hydrogen) atoms. The maximum Gasteiger partial charge on any atom is 0.259 e. The molecule has 6 atom stereocenters. The van der Waals surface area contributed by atoms with E-state index < -0.39 is 0 Å². The summed E-state index contributed by atoms with van der Waals surface area (Å²) in [7, 11) is 0. The van der Waals surface area contributed by atoms with Gasteiger partial charge >= 0.3 is 0 Å². The number of imide groups is 1. The van der Waals surface area contributed by atoms with Crippen molar-refractivity contribution >= 4 is 50.9 Å². The number of hydrogen-bond acceptors (Lipinski definition) is 3. The summed E-state index contributed by atoms with van der Waals surface area (Å²) >= 11 is 9.49. The van der Waals surface area contributed by atoms with E-state index >= 15 is 0 Å². The molecular formula is C26H22BrClN2O3. The number of amides is 3. The number of anilines is 1. The zero-order valence-corrected chi connectivity index (χ0v) is 20.3. The Morgan fingerprint density at radius 1 is 1.03 bits per heavy atom. The molecule has 4 aliphatic carbocycles. The molecule has 0 radical (unpaired) electrons. The molecular weight excluding hydrogens is 504 g/mol. The lowest BCUT2D eigenvalue weighted by Crippen LogP contribution is -2.45. The topological polar surface area (TPSA) is 57.7 Å². The summed E-state index contributed by atoms with van der Waals surface area (Å²) in [6, 6.07) is 12.3. The summed E-state index contributed by atoms with van der Waals surface area (Å²) in [5, 5.41) is 0.536. The molecule has 5 aliphatic rings. The molecule has 2 saturated carbocycles. The standard InChI is InChI=1S/C26H22BrClN2O3/c1-13-10-15(27)4-9-21(13)29(24(31)14-2-5-16(28)6-3-14)12-30-25(32)22-17-7-8-18(20-11-19(17)20)23(22)26(30)33/h2-10,17-20,22-23H,11-12H2,1H3. The van der Waals surface area contributed by atoms with Crippen LogP contribution in [0.15, 0.2) is 59.1 Å². The Morgan fingerprint density at radius 3 is 2.21 bits per heavy atom. The van der Waals surface area contributed by atoms with Gasteiger partial charge in [0.2, 0.25) is 11.8 Å². The SMILES string of the molecule is Cc1cc(Br)ccc1N(CN1C(=O)C2C3C=CC(C4CC34)C2C1=O)C(=O)c1ccc(Cl)cc1. The van der Waals surface area contributed by atoms with Crippen LogP contribution >= 0.6 is 27.5 Å². The van der Waals surface area contributed by atoms with Crippen LogP contribution in [-0.2, 0) is 9.59 Å². The number of benzene rings is 2. The fourth-order valence-electron chi connectivity index (χ4n) is 6.22. The third-order valence-corrected chi connectivity index (χ3v) is 8.57. The van der Waals surface area contributed by atoms with Gasteiger partial charge in [0.25, 0.3) is 5.91 Å². The van der Waals surface area contributed by atoms with Crippen molar-refractivity contribution < 1.29 is 14.4 Å². The van der Waals surface area contributed by atoms with Crippen molar-refractivity contribution in [3.8, 4) is 0 Å². The molecule has 0 spiro atoms. The molecule has 7 rings (SSSR count). The van der Waals surface area contributed by atoms with Crippen LogP contribution in [-0.4, -0.2) is 29.3 Å². The fourth-order valence-corrected chi connectivity index (χ4v) is 6.82. The Morgan fingerprint density at radius 2 is 1.64 bits per heavy atom. The molecule has 2 bridgehead atoms. The van der Waals surface area contributed by atoms with E-state index in [2.05, 4.69) is 28.1 Å². The van der Waals surface area contributed by atoms with E-state index in [1.807, 2.05) is 25.1 Å². The number of nitrogens with zero attached hydrogens (tertiary/aromatic N) is 2. The molecule has 3 fully saturated rings. The van der Waals surface area contributed by atoms with Gasteiger partial charge < -0.3 is 0 Å². The quantitative estimate of drug-likeness (QED) is 0.414. The summed E-state index contributed by atoms with van der Waals surface area (Å²) in [4.78, 5) is 43.5. The third kappa shape index (κ3) is 3.22. The van der Waals surface area contributed by atoms with Gasteiger partial charge in [0.1, 0.15) is 6.67 Å². The lowest BCUT2D eigenvalue weighted by Gasteiger charge is -2.37. The number of aryl methyl sites for hydroxylation is 1. The van der Waals surface area contributed by atoms with Crippen molar-refractivity contribution in [2.45, 2.75) is 13.3 Å². The van der Waals surface area contributed by atoms with Gasteiger partial charge in [0.05, 0.1) is 11.8 Å². The van der Waals surface area contributed by atoms with Crippen LogP contribution in [0.4, 0.5) is 5.69 Å². The second-order valence-corrected chi connectivity index (χ2v) is 10.9. The highest BCUT2D eigenvalue weighted by molar-refractivity contribution is 9.10.